The van der Waals surface area contributed by atoms with E-state index in [4.69, 9.17) is 4.98 Å². The van der Waals surface area contributed by atoms with Gasteiger partial charge in [-0.2, -0.15) is 0 Å². The Balaban J connectivity index is 1.70. The molecule has 6 heteroatoms. The van der Waals surface area contributed by atoms with E-state index < -0.39 is 0 Å². The molecule has 1 fully saturated rings. The topological polar surface area (TPSA) is 71.0 Å². The molecule has 1 aliphatic heterocycles. The second kappa shape index (κ2) is 8.63. The van der Waals surface area contributed by atoms with E-state index in [2.05, 4.69) is 53.9 Å². The molecule has 0 spiro atoms. The maximum atomic E-state index is 12.4. The van der Waals surface area contributed by atoms with Gasteiger partial charge in [0, 0.05) is 25.0 Å². The minimum Gasteiger partial charge on any atom is -0.370 e. The van der Waals surface area contributed by atoms with Crippen LogP contribution >= 0.6 is 0 Å². The van der Waals surface area contributed by atoms with Crippen LogP contribution in [0.1, 0.15) is 58.3 Å². The molecule has 0 aromatic carbocycles. The fraction of sp³-hybridized carbons (Fsp3) is 0.619. The summed E-state index contributed by atoms with van der Waals surface area (Å²) in [6.45, 7) is 10.1. The quantitative estimate of drug-likeness (QED) is 0.846. The molecule has 1 saturated heterocycles. The number of fused-ring (bicyclic) bond motifs is 1. The zero-order valence-corrected chi connectivity index (χ0v) is 17.0. The number of pyridine rings is 1. The van der Waals surface area contributed by atoms with Crippen LogP contribution in [-0.2, 0) is 17.6 Å². The number of nitrogens with one attached hydrogen (secondary N) is 1. The van der Waals surface area contributed by atoms with Gasteiger partial charge >= 0.3 is 0 Å². The second-order valence-corrected chi connectivity index (χ2v) is 7.44. The lowest BCUT2D eigenvalue weighted by molar-refractivity contribution is -0.126. The first-order valence-corrected chi connectivity index (χ1v) is 10.3. The number of aromatic nitrogens is 3. The number of amides is 1. The van der Waals surface area contributed by atoms with Crippen molar-refractivity contribution in [2.24, 2.45) is 5.92 Å². The number of aryl methyl sites for hydroxylation is 2. The summed E-state index contributed by atoms with van der Waals surface area (Å²) in [7, 11) is 0. The molecule has 1 N–H and O–H groups in total. The van der Waals surface area contributed by atoms with Crippen LogP contribution in [0.25, 0.3) is 11.2 Å². The number of carbonyl (C=O) groups excluding carboxylic acids is 1. The van der Waals surface area contributed by atoms with Gasteiger partial charge < -0.3 is 10.2 Å². The number of nitrogens with zero attached hydrogens (tertiary/aromatic N) is 4. The fourth-order valence-corrected chi connectivity index (χ4v) is 3.61. The van der Waals surface area contributed by atoms with Gasteiger partial charge in [-0.1, -0.05) is 20.8 Å². The first-order chi connectivity index (χ1) is 13.0. The van der Waals surface area contributed by atoms with Crippen LogP contribution < -0.4 is 10.2 Å². The van der Waals surface area contributed by atoms with Crippen LogP contribution in [-0.4, -0.2) is 40.0 Å². The van der Waals surface area contributed by atoms with Crippen LogP contribution in [0.15, 0.2) is 12.3 Å². The van der Waals surface area contributed by atoms with Crippen molar-refractivity contribution in [1.29, 1.82) is 0 Å². The molecule has 0 aliphatic carbocycles. The van der Waals surface area contributed by atoms with E-state index in [1.54, 1.807) is 0 Å². The Morgan fingerprint density at radius 1 is 1.19 bits per heavy atom. The van der Waals surface area contributed by atoms with Crippen LogP contribution in [0.3, 0.4) is 0 Å². The highest BCUT2D eigenvalue weighted by molar-refractivity contribution is 5.79. The summed E-state index contributed by atoms with van der Waals surface area (Å²) in [6, 6.07) is 2.34. The smallest absolute Gasteiger partial charge is 0.223 e. The van der Waals surface area contributed by atoms with Crippen molar-refractivity contribution in [3.05, 3.63) is 23.7 Å². The molecular weight excluding hydrogens is 338 g/mol. The van der Waals surface area contributed by atoms with Gasteiger partial charge in [0.15, 0.2) is 5.65 Å². The van der Waals surface area contributed by atoms with E-state index in [1.807, 2.05) is 6.20 Å². The van der Waals surface area contributed by atoms with Crippen molar-refractivity contribution >= 4 is 22.8 Å². The van der Waals surface area contributed by atoms with Crippen molar-refractivity contribution in [3.63, 3.8) is 0 Å². The molecule has 2 aromatic rings. The number of carbonyl (C=O) groups is 1. The minimum absolute atomic E-state index is 0.113. The van der Waals surface area contributed by atoms with Crippen LogP contribution in [0.4, 0.5) is 5.69 Å². The summed E-state index contributed by atoms with van der Waals surface area (Å²) in [5.74, 6) is 0.313. The summed E-state index contributed by atoms with van der Waals surface area (Å²) < 4.78 is 0. The summed E-state index contributed by atoms with van der Waals surface area (Å²) in [5.41, 5.74) is 4.75. The lowest BCUT2D eigenvalue weighted by atomic mass is 9.95. The number of rotatable bonds is 6. The largest absolute Gasteiger partial charge is 0.370 e. The Morgan fingerprint density at radius 2 is 1.85 bits per heavy atom. The number of hydrogen-bond donors (Lipinski definition) is 1. The molecule has 1 amide bonds. The number of piperidine rings is 1. The third-order valence-electron chi connectivity index (χ3n) is 5.56. The van der Waals surface area contributed by atoms with Gasteiger partial charge in [-0.05, 0) is 45.1 Å². The van der Waals surface area contributed by atoms with Gasteiger partial charge in [0.2, 0.25) is 5.91 Å². The molecule has 3 heterocycles. The second-order valence-electron chi connectivity index (χ2n) is 7.44. The molecule has 3 rings (SSSR count). The monoisotopic (exact) mass is 369 g/mol. The van der Waals surface area contributed by atoms with E-state index >= 15 is 0 Å². The van der Waals surface area contributed by atoms with Crippen LogP contribution in [0, 0.1) is 5.92 Å². The van der Waals surface area contributed by atoms with E-state index in [0.717, 1.165) is 73.4 Å². The van der Waals surface area contributed by atoms with E-state index in [-0.39, 0.29) is 17.9 Å². The number of hydrogen-bond acceptors (Lipinski definition) is 5. The molecule has 1 aliphatic rings. The fourth-order valence-electron chi connectivity index (χ4n) is 3.61. The maximum absolute atomic E-state index is 12.4. The normalized spacial score (nSPS) is 16.5. The molecule has 0 saturated carbocycles. The standard InChI is InChI=1S/C21H31N5O/c1-5-14(4)23-21(27)15-8-10-26(11-9-15)16-12-19-20(22-13-16)25-18(7-3)17(6-2)24-19/h12-15H,5-11H2,1-4H3,(H,23,27)/t14-/m0/s1. The summed E-state index contributed by atoms with van der Waals surface area (Å²) in [6.07, 6.45) is 6.37. The van der Waals surface area contributed by atoms with Crippen LogP contribution in [0.5, 0.6) is 0 Å². The Hall–Kier alpha value is -2.24. The predicted octanol–water partition coefficient (Wildman–Crippen LogP) is 3.28. The Labute approximate surface area is 161 Å². The van der Waals surface area contributed by atoms with Gasteiger partial charge in [-0.3, -0.25) is 4.79 Å². The van der Waals surface area contributed by atoms with E-state index in [0.29, 0.717) is 0 Å². The average molecular weight is 370 g/mol. The third-order valence-corrected chi connectivity index (χ3v) is 5.56. The van der Waals surface area contributed by atoms with Gasteiger partial charge in [0.1, 0.15) is 5.52 Å². The van der Waals surface area contributed by atoms with E-state index in [9.17, 15) is 4.79 Å². The molecule has 0 radical (unpaired) electrons. The third kappa shape index (κ3) is 4.37. The van der Waals surface area contributed by atoms with E-state index in [1.165, 1.54) is 0 Å². The number of anilines is 1. The maximum Gasteiger partial charge on any atom is 0.223 e. The zero-order chi connectivity index (χ0) is 19.4. The molecule has 1 atom stereocenters. The highest BCUT2D eigenvalue weighted by Crippen LogP contribution is 2.25. The Morgan fingerprint density at radius 3 is 2.48 bits per heavy atom. The highest BCUT2D eigenvalue weighted by atomic mass is 16.1. The Kier molecular flexibility index (Phi) is 6.24. The van der Waals surface area contributed by atoms with Gasteiger partial charge in [-0.25, -0.2) is 15.0 Å². The molecular formula is C21H31N5O. The SMILES string of the molecule is CCc1nc2cc(N3CCC(C(=O)N[C@@H](C)CC)CC3)cnc2nc1CC. The average Bonchev–Trinajstić information content (AvgIpc) is 2.72. The lowest BCUT2D eigenvalue weighted by Crippen LogP contribution is -2.43. The first kappa shape index (κ1) is 19.5. The lowest BCUT2D eigenvalue weighted by Gasteiger charge is -2.33. The van der Waals surface area contributed by atoms with Crippen molar-refractivity contribution in [1.82, 2.24) is 20.3 Å². The minimum atomic E-state index is 0.113. The van der Waals surface area contributed by atoms with Crippen LogP contribution in [0.2, 0.25) is 0 Å². The highest BCUT2D eigenvalue weighted by Gasteiger charge is 2.26. The zero-order valence-electron chi connectivity index (χ0n) is 17.0. The molecule has 0 unspecified atom stereocenters. The van der Waals surface area contributed by atoms with Crippen molar-refractivity contribution in [2.75, 3.05) is 18.0 Å². The molecule has 6 nitrogen and oxygen atoms in total. The summed E-state index contributed by atoms with van der Waals surface area (Å²) >= 11 is 0. The van der Waals surface area contributed by atoms with Gasteiger partial charge in [-0.15, -0.1) is 0 Å². The van der Waals surface area contributed by atoms with Crippen molar-refractivity contribution < 1.29 is 4.79 Å². The molecule has 146 valence electrons. The summed E-state index contributed by atoms with van der Waals surface area (Å²) in [4.78, 5) is 28.7. The van der Waals surface area contributed by atoms with Crippen molar-refractivity contribution in [2.45, 2.75) is 65.8 Å². The Bertz CT molecular complexity index is 799. The van der Waals surface area contributed by atoms with Gasteiger partial charge in [0.25, 0.3) is 0 Å². The first-order valence-electron chi connectivity index (χ1n) is 10.3. The summed E-state index contributed by atoms with van der Waals surface area (Å²) in [5, 5.41) is 3.11. The van der Waals surface area contributed by atoms with Crippen molar-refractivity contribution in [3.8, 4) is 0 Å². The molecule has 0 bridgehead atoms. The molecule has 2 aromatic heterocycles. The van der Waals surface area contributed by atoms with Gasteiger partial charge in [0.05, 0.1) is 23.3 Å². The molecule has 27 heavy (non-hydrogen) atoms. The predicted molar refractivity (Wildman–Crippen MR) is 109 cm³/mol.